The Morgan fingerprint density at radius 1 is 0.833 bits per heavy atom. The Morgan fingerprint density at radius 2 is 1.61 bits per heavy atom. The number of rotatable bonds is 0. The highest BCUT2D eigenvalue weighted by Gasteiger charge is 2.11. The topological polar surface area (TPSA) is 15.8 Å². The van der Waals surface area contributed by atoms with Crippen molar-refractivity contribution in [1.29, 1.82) is 0 Å². The van der Waals surface area contributed by atoms with E-state index in [1.807, 2.05) is 12.1 Å². The molecule has 0 saturated carbocycles. The van der Waals surface area contributed by atoms with Gasteiger partial charge in [0, 0.05) is 10.8 Å². The van der Waals surface area contributed by atoms with Crippen LogP contribution in [0, 0.1) is 0 Å². The van der Waals surface area contributed by atoms with Crippen LogP contribution < -0.4 is 0 Å². The molecular weight excluding hydrogens is 242 g/mol. The normalized spacial score (nSPS) is 11.6. The SMILES string of the molecule is Clc1cccc2cc3cc4ccccc4c-3[nH]c12. The van der Waals surface area contributed by atoms with E-state index in [0.29, 0.717) is 0 Å². The lowest BCUT2D eigenvalue weighted by Gasteiger charge is -2.06. The van der Waals surface area contributed by atoms with Gasteiger partial charge in [-0.1, -0.05) is 48.0 Å². The maximum atomic E-state index is 6.24. The number of para-hydroxylation sites is 1. The molecule has 0 saturated heterocycles. The summed E-state index contributed by atoms with van der Waals surface area (Å²) in [7, 11) is 0. The van der Waals surface area contributed by atoms with Crippen molar-refractivity contribution in [2.75, 3.05) is 0 Å². The fourth-order valence-corrected chi connectivity index (χ4v) is 2.81. The van der Waals surface area contributed by atoms with Crippen molar-refractivity contribution >= 4 is 33.3 Å². The molecule has 0 atom stereocenters. The zero-order valence-corrected chi connectivity index (χ0v) is 10.3. The van der Waals surface area contributed by atoms with Gasteiger partial charge >= 0.3 is 0 Å². The molecule has 0 bridgehead atoms. The van der Waals surface area contributed by atoms with Crippen molar-refractivity contribution in [2.45, 2.75) is 0 Å². The van der Waals surface area contributed by atoms with E-state index in [1.54, 1.807) is 0 Å². The van der Waals surface area contributed by atoms with Crippen LogP contribution in [0.4, 0.5) is 0 Å². The molecule has 1 nitrogen and oxygen atoms in total. The molecule has 0 radical (unpaired) electrons. The predicted molar refractivity (Wildman–Crippen MR) is 77.4 cm³/mol. The number of benzene rings is 2. The molecule has 86 valence electrons. The van der Waals surface area contributed by atoms with Gasteiger partial charge in [0.25, 0.3) is 0 Å². The number of aromatic amines is 1. The summed E-state index contributed by atoms with van der Waals surface area (Å²) in [6.07, 6.45) is 0. The Labute approximate surface area is 109 Å². The van der Waals surface area contributed by atoms with Gasteiger partial charge in [0.05, 0.1) is 16.2 Å². The van der Waals surface area contributed by atoms with Crippen LogP contribution in [-0.4, -0.2) is 4.98 Å². The van der Waals surface area contributed by atoms with Gasteiger partial charge in [0.15, 0.2) is 0 Å². The van der Waals surface area contributed by atoms with E-state index in [9.17, 15) is 0 Å². The number of hydrogen-bond donors (Lipinski definition) is 1. The van der Waals surface area contributed by atoms with Gasteiger partial charge in [-0.05, 0) is 29.1 Å². The zero-order chi connectivity index (χ0) is 12.1. The molecule has 0 fully saturated rings. The molecule has 2 aromatic rings. The molecule has 0 amide bonds. The molecule has 1 aliphatic carbocycles. The highest BCUT2D eigenvalue weighted by atomic mass is 35.5. The second-order valence-electron chi connectivity index (χ2n) is 4.54. The van der Waals surface area contributed by atoms with Gasteiger partial charge in [-0.25, -0.2) is 0 Å². The number of H-pyrrole nitrogens is 1. The lowest BCUT2D eigenvalue weighted by atomic mass is 10.1. The summed E-state index contributed by atoms with van der Waals surface area (Å²) in [5.74, 6) is 0. The molecule has 2 aromatic carbocycles. The van der Waals surface area contributed by atoms with Crippen molar-refractivity contribution in [3.8, 4) is 11.3 Å². The fourth-order valence-electron chi connectivity index (χ4n) is 2.58. The summed E-state index contributed by atoms with van der Waals surface area (Å²) in [4.78, 5) is 3.47. The van der Waals surface area contributed by atoms with Crippen molar-refractivity contribution in [3.05, 3.63) is 59.6 Å². The number of fused-ring (bicyclic) bond motifs is 4. The van der Waals surface area contributed by atoms with Crippen LogP contribution in [0.5, 0.6) is 0 Å². The maximum Gasteiger partial charge on any atom is 0.0647 e. The lowest BCUT2D eigenvalue weighted by molar-refractivity contribution is 1.43. The number of halogens is 1. The van der Waals surface area contributed by atoms with Crippen molar-refractivity contribution in [1.82, 2.24) is 4.98 Å². The first-order chi connectivity index (χ1) is 8.83. The van der Waals surface area contributed by atoms with Crippen molar-refractivity contribution < 1.29 is 0 Å². The van der Waals surface area contributed by atoms with Crippen LogP contribution in [0.1, 0.15) is 0 Å². The minimum absolute atomic E-state index is 0.764. The molecule has 1 heterocycles. The molecule has 4 rings (SSSR count). The number of pyridine rings is 1. The summed E-state index contributed by atoms with van der Waals surface area (Å²) >= 11 is 6.24. The van der Waals surface area contributed by atoms with E-state index in [1.165, 1.54) is 16.3 Å². The Bertz CT molecular complexity index is 844. The number of aromatic nitrogens is 1. The second-order valence-corrected chi connectivity index (χ2v) is 4.94. The number of hydrogen-bond acceptors (Lipinski definition) is 0. The van der Waals surface area contributed by atoms with Crippen LogP contribution in [-0.2, 0) is 0 Å². The molecular formula is C16H10ClN. The summed E-state index contributed by atoms with van der Waals surface area (Å²) in [5, 5.41) is 4.41. The molecule has 18 heavy (non-hydrogen) atoms. The van der Waals surface area contributed by atoms with Crippen molar-refractivity contribution in [2.24, 2.45) is 0 Å². The third-order valence-corrected chi connectivity index (χ3v) is 3.75. The summed E-state index contributed by atoms with van der Waals surface area (Å²) in [5.41, 5.74) is 3.39. The average Bonchev–Trinajstić information content (AvgIpc) is 2.75. The second kappa shape index (κ2) is 3.50. The van der Waals surface area contributed by atoms with E-state index >= 15 is 0 Å². The zero-order valence-electron chi connectivity index (χ0n) is 9.57. The highest BCUT2D eigenvalue weighted by Crippen LogP contribution is 2.36. The van der Waals surface area contributed by atoms with Gasteiger partial charge in [0.1, 0.15) is 0 Å². The molecule has 2 aliphatic rings. The summed E-state index contributed by atoms with van der Waals surface area (Å²) in [6, 6.07) is 18.8. The van der Waals surface area contributed by atoms with Gasteiger partial charge in [-0.3, -0.25) is 0 Å². The van der Waals surface area contributed by atoms with Crippen LogP contribution in [0.15, 0.2) is 54.6 Å². The maximum absolute atomic E-state index is 6.24. The molecule has 1 aliphatic heterocycles. The van der Waals surface area contributed by atoms with Gasteiger partial charge in [-0.15, -0.1) is 0 Å². The van der Waals surface area contributed by atoms with Gasteiger partial charge in [0.2, 0.25) is 0 Å². The third-order valence-electron chi connectivity index (χ3n) is 3.44. The monoisotopic (exact) mass is 251 g/mol. The molecule has 0 spiro atoms. The van der Waals surface area contributed by atoms with Crippen LogP contribution in [0.25, 0.3) is 32.9 Å². The Morgan fingerprint density at radius 3 is 2.56 bits per heavy atom. The lowest BCUT2D eigenvalue weighted by Crippen LogP contribution is -1.85. The van der Waals surface area contributed by atoms with Crippen LogP contribution in [0.3, 0.4) is 0 Å². The Balaban J connectivity index is 2.25. The van der Waals surface area contributed by atoms with E-state index in [2.05, 4.69) is 47.4 Å². The van der Waals surface area contributed by atoms with E-state index in [4.69, 9.17) is 11.6 Å². The van der Waals surface area contributed by atoms with Crippen LogP contribution >= 0.6 is 11.6 Å². The first kappa shape index (κ1) is 9.98. The largest absolute Gasteiger partial charge is 0.353 e. The Kier molecular flexibility index (Phi) is 1.94. The molecule has 1 N–H and O–H groups in total. The van der Waals surface area contributed by atoms with Gasteiger partial charge < -0.3 is 4.98 Å². The molecule has 0 aromatic heterocycles. The molecule has 2 heteroatoms. The van der Waals surface area contributed by atoms with E-state index in [-0.39, 0.29) is 0 Å². The highest BCUT2D eigenvalue weighted by molar-refractivity contribution is 6.35. The van der Waals surface area contributed by atoms with E-state index in [0.717, 1.165) is 21.6 Å². The summed E-state index contributed by atoms with van der Waals surface area (Å²) in [6.45, 7) is 0. The quantitative estimate of drug-likeness (QED) is 0.449. The molecule has 0 unspecified atom stereocenters. The first-order valence-corrected chi connectivity index (χ1v) is 6.29. The number of nitrogens with one attached hydrogen (secondary N) is 1. The summed E-state index contributed by atoms with van der Waals surface area (Å²) < 4.78 is 0. The minimum Gasteiger partial charge on any atom is -0.353 e. The smallest absolute Gasteiger partial charge is 0.0647 e. The van der Waals surface area contributed by atoms with Gasteiger partial charge in [-0.2, -0.15) is 0 Å². The van der Waals surface area contributed by atoms with Crippen molar-refractivity contribution in [3.63, 3.8) is 0 Å². The standard InChI is InChI=1S/C16H10ClN/c17-14-7-3-5-11-9-12-8-10-4-1-2-6-13(10)15(12)18-16(11)14/h1-9,18H. The first-order valence-electron chi connectivity index (χ1n) is 5.92. The third kappa shape index (κ3) is 1.28. The van der Waals surface area contributed by atoms with E-state index < -0.39 is 0 Å². The van der Waals surface area contributed by atoms with Crippen LogP contribution in [0.2, 0.25) is 5.02 Å². The minimum atomic E-state index is 0.764. The average molecular weight is 252 g/mol. The predicted octanol–water partition coefficient (Wildman–Crippen LogP) is 5.08. The Hall–Kier alpha value is -1.99. The fraction of sp³-hybridized carbons (Fsp3) is 0.